The van der Waals surface area contributed by atoms with Gasteiger partial charge >= 0.3 is 0 Å². The van der Waals surface area contributed by atoms with Gasteiger partial charge in [-0.25, -0.2) is 31.8 Å². The fourth-order valence-corrected chi connectivity index (χ4v) is 4.77. The molecule has 12 nitrogen and oxygen atoms in total. The highest BCUT2D eigenvalue weighted by Crippen LogP contribution is 2.24. The van der Waals surface area contributed by atoms with Crippen LogP contribution >= 0.6 is 11.6 Å². The van der Waals surface area contributed by atoms with Crippen LogP contribution in [-0.2, 0) is 24.6 Å². The number of hydrogen-bond acceptors (Lipinski definition) is 9. The Kier molecular flexibility index (Phi) is 8.30. The molecule has 1 aromatic carbocycles. The van der Waals surface area contributed by atoms with Crippen LogP contribution in [0.25, 0.3) is 0 Å². The van der Waals surface area contributed by atoms with Gasteiger partial charge in [-0.15, -0.1) is 0 Å². The van der Waals surface area contributed by atoms with Crippen LogP contribution < -0.4 is 15.6 Å². The van der Waals surface area contributed by atoms with Gasteiger partial charge in [0, 0.05) is 31.3 Å². The Morgan fingerprint density at radius 3 is 2.40 bits per heavy atom. The number of hydrogen-bond donors (Lipinski definition) is 3. The van der Waals surface area contributed by atoms with E-state index in [0.29, 0.717) is 0 Å². The molecule has 1 fully saturated rings. The summed E-state index contributed by atoms with van der Waals surface area (Å²) < 4.78 is 57.3. The number of aromatic nitrogens is 2. The van der Waals surface area contributed by atoms with Crippen LogP contribution in [0.5, 0.6) is 0 Å². The van der Waals surface area contributed by atoms with Crippen molar-refractivity contribution >= 4 is 43.3 Å². The van der Waals surface area contributed by atoms with E-state index in [0.717, 1.165) is 19.1 Å². The zero-order valence-electron chi connectivity index (χ0n) is 19.1. The Hall–Kier alpha value is -2.81. The number of sulfone groups is 1. The molecule has 0 spiro atoms. The highest BCUT2D eigenvalue weighted by Gasteiger charge is 2.34. The first kappa shape index (κ1) is 26.8. The molecule has 0 unspecified atom stereocenters. The molecule has 2 atom stereocenters. The molecule has 0 aliphatic heterocycles. The summed E-state index contributed by atoms with van der Waals surface area (Å²) in [7, 11) is -6.28. The number of guanidine groups is 1. The van der Waals surface area contributed by atoms with Crippen molar-refractivity contribution in [2.24, 2.45) is 4.99 Å². The molecule has 1 aliphatic carbocycles. The summed E-state index contributed by atoms with van der Waals surface area (Å²) in [6, 6.07) is 5.33. The van der Waals surface area contributed by atoms with Crippen molar-refractivity contribution in [3.05, 3.63) is 53.1 Å². The molecule has 1 aromatic heterocycles. The second kappa shape index (κ2) is 10.8. The second-order valence-electron chi connectivity index (χ2n) is 7.86. The van der Waals surface area contributed by atoms with Gasteiger partial charge in [-0.2, -0.15) is 0 Å². The number of rotatable bonds is 8. The molecule has 0 bridgehead atoms. The summed E-state index contributed by atoms with van der Waals surface area (Å²) >= 11 is 5.80. The number of carbonyl (C=O) groups excluding carboxylic acids is 1. The third-order valence-corrected chi connectivity index (χ3v) is 7.99. The Morgan fingerprint density at radius 1 is 1.17 bits per heavy atom. The Balaban J connectivity index is 1.74. The highest BCUT2D eigenvalue weighted by atomic mass is 35.5. The van der Waals surface area contributed by atoms with Crippen molar-refractivity contribution in [3.63, 3.8) is 0 Å². The third kappa shape index (κ3) is 7.34. The van der Waals surface area contributed by atoms with Crippen molar-refractivity contribution < 1.29 is 26.4 Å². The number of halogens is 1. The predicted octanol–water partition coefficient (Wildman–Crippen LogP) is 0.982. The number of carbonyl (C=O) groups is 1. The minimum absolute atomic E-state index is 0.0263. The average Bonchev–Trinajstić information content (AvgIpc) is 3.62. The maximum Gasteiger partial charge on any atom is 0.269 e. The SMILES string of the molecule is CO[C@H](c1ncc(Cl)cn1)[C@H](C)S(=O)(=O)NC(=NC1CC1)NNC(=O)c1cccc(S(C)(=O)=O)c1. The van der Waals surface area contributed by atoms with Crippen LogP contribution in [-0.4, -0.2) is 63.3 Å². The topological polar surface area (TPSA) is 169 Å². The van der Waals surface area contributed by atoms with Crippen LogP contribution in [0.4, 0.5) is 0 Å². The lowest BCUT2D eigenvalue weighted by molar-refractivity contribution is 0.0939. The predicted molar refractivity (Wildman–Crippen MR) is 129 cm³/mol. The van der Waals surface area contributed by atoms with Gasteiger partial charge in [-0.3, -0.25) is 20.4 Å². The molecule has 2 aromatic rings. The maximum absolute atomic E-state index is 13.1. The quantitative estimate of drug-likeness (QED) is 0.249. The van der Waals surface area contributed by atoms with E-state index in [4.69, 9.17) is 16.3 Å². The zero-order valence-corrected chi connectivity index (χ0v) is 21.5. The first-order chi connectivity index (χ1) is 16.4. The number of nitrogens with zero attached hydrogens (tertiary/aromatic N) is 3. The molecule has 190 valence electrons. The summed E-state index contributed by atoms with van der Waals surface area (Å²) in [5, 5.41) is -0.861. The number of amides is 1. The minimum Gasteiger partial charge on any atom is -0.372 e. The number of hydrazine groups is 1. The van der Waals surface area contributed by atoms with Crippen LogP contribution in [0.15, 0.2) is 46.5 Å². The third-order valence-electron chi connectivity index (χ3n) is 4.98. The van der Waals surface area contributed by atoms with E-state index in [1.54, 1.807) is 0 Å². The summed E-state index contributed by atoms with van der Waals surface area (Å²) in [4.78, 5) is 24.9. The van der Waals surface area contributed by atoms with Gasteiger partial charge in [0.1, 0.15) is 11.4 Å². The number of ether oxygens (including phenoxy) is 1. The highest BCUT2D eigenvalue weighted by molar-refractivity contribution is 7.91. The monoisotopic (exact) mass is 544 g/mol. The molecule has 0 saturated heterocycles. The smallest absolute Gasteiger partial charge is 0.269 e. The van der Waals surface area contributed by atoms with Gasteiger partial charge in [-0.05, 0) is 38.0 Å². The van der Waals surface area contributed by atoms with Crippen molar-refractivity contribution in [3.8, 4) is 0 Å². The van der Waals surface area contributed by atoms with Gasteiger partial charge < -0.3 is 4.74 Å². The standard InChI is InChI=1S/C20H25ClN6O6S2/c1-12(17(33-2)18-22-10-14(21)11-23-18)35(31,32)27-20(24-15-7-8-15)26-25-19(28)13-5-4-6-16(9-13)34(3,29)30/h4-6,9-12,15,17H,7-8H2,1-3H3,(H,25,28)(H2,24,26,27)/t12-,17-/m0/s1. The molecule has 0 radical (unpaired) electrons. The van der Waals surface area contributed by atoms with Gasteiger partial charge in [-0.1, -0.05) is 17.7 Å². The van der Waals surface area contributed by atoms with Gasteiger partial charge in [0.15, 0.2) is 15.7 Å². The first-order valence-electron chi connectivity index (χ1n) is 10.4. The second-order valence-corrected chi connectivity index (χ2v) is 12.3. The number of benzene rings is 1. The van der Waals surface area contributed by atoms with E-state index < -0.39 is 37.1 Å². The largest absolute Gasteiger partial charge is 0.372 e. The number of aliphatic imine (C=N–C) groups is 1. The summed E-state index contributed by atoms with van der Waals surface area (Å²) in [5.41, 5.74) is 4.88. The number of methoxy groups -OCH3 is 1. The molecule has 1 aliphatic rings. The van der Waals surface area contributed by atoms with Gasteiger partial charge in [0.2, 0.25) is 16.0 Å². The lowest BCUT2D eigenvalue weighted by Crippen LogP contribution is -2.52. The Labute approximate surface area is 208 Å². The average molecular weight is 545 g/mol. The summed E-state index contributed by atoms with van der Waals surface area (Å²) in [6.07, 6.45) is 4.22. The first-order valence-corrected chi connectivity index (χ1v) is 14.2. The van der Waals surface area contributed by atoms with E-state index in [-0.39, 0.29) is 33.3 Å². The van der Waals surface area contributed by atoms with Crippen molar-refractivity contribution in [2.75, 3.05) is 13.4 Å². The fourth-order valence-electron chi connectivity index (χ4n) is 2.89. The molecule has 1 saturated carbocycles. The van der Waals surface area contributed by atoms with E-state index in [2.05, 4.69) is 30.5 Å². The lowest BCUT2D eigenvalue weighted by Gasteiger charge is -2.23. The van der Waals surface area contributed by atoms with Crippen LogP contribution in [0, 0.1) is 0 Å². The lowest BCUT2D eigenvalue weighted by atomic mass is 10.2. The van der Waals surface area contributed by atoms with Crippen LogP contribution in [0.1, 0.15) is 42.1 Å². The van der Waals surface area contributed by atoms with Gasteiger partial charge in [0.05, 0.1) is 16.0 Å². The molecule has 1 heterocycles. The maximum atomic E-state index is 13.1. The van der Waals surface area contributed by atoms with Gasteiger partial charge in [0.25, 0.3) is 5.91 Å². The molecular weight excluding hydrogens is 520 g/mol. The van der Waals surface area contributed by atoms with Crippen LogP contribution in [0.3, 0.4) is 0 Å². The molecule has 3 N–H and O–H groups in total. The van der Waals surface area contributed by atoms with Crippen molar-refractivity contribution in [1.29, 1.82) is 0 Å². The summed E-state index contributed by atoms with van der Waals surface area (Å²) in [5.74, 6) is -0.753. The fraction of sp³-hybridized carbons (Fsp3) is 0.400. The number of sulfonamides is 1. The molecule has 3 rings (SSSR count). The van der Waals surface area contributed by atoms with E-state index in [9.17, 15) is 21.6 Å². The van der Waals surface area contributed by atoms with E-state index in [1.165, 1.54) is 50.7 Å². The van der Waals surface area contributed by atoms with Crippen LogP contribution in [0.2, 0.25) is 5.02 Å². The van der Waals surface area contributed by atoms with Crippen molar-refractivity contribution in [1.82, 2.24) is 25.5 Å². The molecule has 35 heavy (non-hydrogen) atoms. The zero-order chi connectivity index (χ0) is 25.8. The Morgan fingerprint density at radius 2 is 1.83 bits per heavy atom. The van der Waals surface area contributed by atoms with E-state index in [1.807, 2.05) is 0 Å². The number of nitrogens with one attached hydrogen (secondary N) is 3. The van der Waals surface area contributed by atoms with E-state index >= 15 is 0 Å². The molecule has 15 heteroatoms. The summed E-state index contributed by atoms with van der Waals surface area (Å²) in [6.45, 7) is 1.42. The molecule has 1 amide bonds. The molecular formula is C20H25ClN6O6S2. The van der Waals surface area contributed by atoms with Crippen molar-refractivity contribution in [2.45, 2.75) is 42.1 Å². The minimum atomic E-state index is -4.10. The Bertz CT molecular complexity index is 1310. The normalized spacial score (nSPS) is 16.3.